The molecule has 0 atom stereocenters. The van der Waals surface area contributed by atoms with Crippen molar-refractivity contribution in [3.8, 4) is 5.75 Å². The maximum Gasteiger partial charge on any atom is 0.416 e. The second-order valence-electron chi connectivity index (χ2n) is 5.95. The van der Waals surface area contributed by atoms with Crippen LogP contribution in [0.25, 0.3) is 0 Å². The number of carboxylic acid groups (broad SMARTS) is 1. The van der Waals surface area contributed by atoms with Crippen molar-refractivity contribution in [2.75, 3.05) is 11.3 Å². The van der Waals surface area contributed by atoms with E-state index in [4.69, 9.17) is 9.84 Å². The number of aliphatic carboxylic acids is 1. The number of anilines is 1. The lowest BCUT2D eigenvalue weighted by molar-refractivity contribution is -0.138. The van der Waals surface area contributed by atoms with Gasteiger partial charge in [0.2, 0.25) is 0 Å². The van der Waals surface area contributed by atoms with Gasteiger partial charge in [0, 0.05) is 12.1 Å². The van der Waals surface area contributed by atoms with Gasteiger partial charge < -0.3 is 9.84 Å². The van der Waals surface area contributed by atoms with Crippen LogP contribution in [0.4, 0.5) is 18.9 Å². The molecule has 0 aromatic heterocycles. The van der Waals surface area contributed by atoms with Crippen molar-refractivity contribution < 1.29 is 36.2 Å². The molecule has 0 saturated heterocycles. The van der Waals surface area contributed by atoms with E-state index in [1.54, 1.807) is 6.92 Å². The number of ether oxygens (including phenoxy) is 1. The number of carbonyl (C=O) groups is 1. The summed E-state index contributed by atoms with van der Waals surface area (Å²) in [7, 11) is -4.00. The lowest BCUT2D eigenvalue weighted by atomic mass is 10.2. The minimum Gasteiger partial charge on any atom is -0.493 e. The zero-order valence-corrected chi connectivity index (χ0v) is 15.6. The smallest absolute Gasteiger partial charge is 0.416 e. The molecule has 0 aliphatic carbocycles. The number of carboxylic acids is 1. The molecule has 0 aliphatic heterocycles. The van der Waals surface area contributed by atoms with E-state index in [1.807, 2.05) is 0 Å². The summed E-state index contributed by atoms with van der Waals surface area (Å²) in [5, 5.41) is 8.58. The Labute approximate surface area is 160 Å². The number of alkyl halides is 3. The first-order valence-corrected chi connectivity index (χ1v) is 9.63. The summed E-state index contributed by atoms with van der Waals surface area (Å²) in [6.45, 7) is 1.80. The zero-order valence-electron chi connectivity index (χ0n) is 14.8. The fourth-order valence-corrected chi connectivity index (χ4v) is 3.44. The van der Waals surface area contributed by atoms with Crippen LogP contribution in [0.3, 0.4) is 0 Å². The van der Waals surface area contributed by atoms with Gasteiger partial charge in [-0.05, 0) is 61.4 Å². The Morgan fingerprint density at radius 2 is 1.79 bits per heavy atom. The van der Waals surface area contributed by atoms with Crippen LogP contribution in [-0.2, 0) is 21.0 Å². The third kappa shape index (κ3) is 5.88. The first kappa shape index (κ1) is 21.5. The summed E-state index contributed by atoms with van der Waals surface area (Å²) in [6.07, 6.45) is -4.23. The molecule has 2 rings (SSSR count). The molecular formula is C18H18F3NO5S. The third-order valence-corrected chi connectivity index (χ3v) is 5.09. The van der Waals surface area contributed by atoms with Gasteiger partial charge in [0.05, 0.1) is 17.1 Å². The number of sulfonamides is 1. The van der Waals surface area contributed by atoms with E-state index in [0.29, 0.717) is 17.7 Å². The molecule has 2 aromatic rings. The molecule has 0 unspecified atom stereocenters. The molecule has 10 heteroatoms. The fourth-order valence-electron chi connectivity index (χ4n) is 2.30. The lowest BCUT2D eigenvalue weighted by Gasteiger charge is -2.13. The monoisotopic (exact) mass is 417 g/mol. The average Bonchev–Trinajstić information content (AvgIpc) is 2.59. The van der Waals surface area contributed by atoms with E-state index in [1.165, 1.54) is 18.2 Å². The Morgan fingerprint density at radius 3 is 2.32 bits per heavy atom. The van der Waals surface area contributed by atoms with Gasteiger partial charge in [-0.3, -0.25) is 9.52 Å². The number of aryl methyl sites for hydroxylation is 1. The normalized spacial score (nSPS) is 11.9. The first-order chi connectivity index (χ1) is 13.0. The number of rotatable bonds is 8. The number of benzene rings is 2. The number of nitrogens with one attached hydrogen (secondary N) is 1. The van der Waals surface area contributed by atoms with Gasteiger partial charge in [-0.2, -0.15) is 13.2 Å². The summed E-state index contributed by atoms with van der Waals surface area (Å²) in [5.74, 6) is -0.519. The van der Waals surface area contributed by atoms with Gasteiger partial charge in [0.1, 0.15) is 5.75 Å². The van der Waals surface area contributed by atoms with Crippen molar-refractivity contribution in [2.45, 2.75) is 30.8 Å². The highest BCUT2D eigenvalue weighted by Gasteiger charge is 2.30. The van der Waals surface area contributed by atoms with Crippen LogP contribution in [0.5, 0.6) is 5.75 Å². The van der Waals surface area contributed by atoms with Gasteiger partial charge in [-0.15, -0.1) is 0 Å². The highest BCUT2D eigenvalue weighted by atomic mass is 32.2. The minimum atomic E-state index is -4.51. The van der Waals surface area contributed by atoms with E-state index in [0.717, 1.165) is 24.3 Å². The molecule has 2 N–H and O–H groups in total. The van der Waals surface area contributed by atoms with E-state index in [2.05, 4.69) is 4.72 Å². The van der Waals surface area contributed by atoms with E-state index in [9.17, 15) is 26.4 Å². The van der Waals surface area contributed by atoms with Gasteiger partial charge in [-0.25, -0.2) is 8.42 Å². The molecule has 0 radical (unpaired) electrons. The van der Waals surface area contributed by atoms with Crippen molar-refractivity contribution in [3.05, 3.63) is 53.6 Å². The standard InChI is InChI=1S/C18H18F3NO5S/c1-12-11-15(8-9-16(12)27-10-2-3-17(23)24)28(25,26)22-14-6-4-13(5-7-14)18(19,20)21/h4-9,11,22H,2-3,10H2,1H3,(H,23,24). The predicted molar refractivity (Wildman–Crippen MR) is 95.8 cm³/mol. The maximum absolute atomic E-state index is 12.6. The summed E-state index contributed by atoms with van der Waals surface area (Å²) in [4.78, 5) is 10.4. The lowest BCUT2D eigenvalue weighted by Crippen LogP contribution is -2.14. The van der Waals surface area contributed by atoms with Crippen molar-refractivity contribution >= 4 is 21.7 Å². The van der Waals surface area contributed by atoms with Gasteiger partial charge in [-0.1, -0.05) is 0 Å². The number of hydrogen-bond acceptors (Lipinski definition) is 4. The second kappa shape index (κ2) is 8.51. The van der Waals surface area contributed by atoms with Crippen molar-refractivity contribution in [1.82, 2.24) is 0 Å². The summed E-state index contributed by atoms with van der Waals surface area (Å²) < 4.78 is 70.3. The van der Waals surface area contributed by atoms with E-state index >= 15 is 0 Å². The molecular weight excluding hydrogens is 399 g/mol. The van der Waals surface area contributed by atoms with Crippen LogP contribution in [0.1, 0.15) is 24.0 Å². The SMILES string of the molecule is Cc1cc(S(=O)(=O)Nc2ccc(C(F)(F)F)cc2)ccc1OCCCC(=O)O. The van der Waals surface area contributed by atoms with Crippen LogP contribution < -0.4 is 9.46 Å². The Bertz CT molecular complexity index is 941. The molecule has 6 nitrogen and oxygen atoms in total. The Kier molecular flexibility index (Phi) is 6.55. The predicted octanol–water partition coefficient (Wildman–Crippen LogP) is 4.06. The molecule has 0 spiro atoms. The van der Waals surface area contributed by atoms with Crippen LogP contribution in [0.15, 0.2) is 47.4 Å². The molecule has 0 fully saturated rings. The third-order valence-electron chi connectivity index (χ3n) is 3.71. The number of hydrogen-bond donors (Lipinski definition) is 2. The number of halogens is 3. The largest absolute Gasteiger partial charge is 0.493 e. The average molecular weight is 417 g/mol. The van der Waals surface area contributed by atoms with Crippen molar-refractivity contribution in [2.24, 2.45) is 0 Å². The Balaban J connectivity index is 2.08. The second-order valence-corrected chi connectivity index (χ2v) is 7.64. The van der Waals surface area contributed by atoms with E-state index in [-0.39, 0.29) is 23.6 Å². The zero-order chi connectivity index (χ0) is 20.9. The quantitative estimate of drug-likeness (QED) is 0.632. The van der Waals surface area contributed by atoms with E-state index < -0.39 is 27.7 Å². The van der Waals surface area contributed by atoms with Gasteiger partial charge >= 0.3 is 12.1 Å². The van der Waals surface area contributed by atoms with Crippen molar-refractivity contribution in [3.63, 3.8) is 0 Å². The molecule has 28 heavy (non-hydrogen) atoms. The Morgan fingerprint density at radius 1 is 1.14 bits per heavy atom. The molecule has 152 valence electrons. The van der Waals surface area contributed by atoms with Gasteiger partial charge in [0.25, 0.3) is 10.0 Å². The summed E-state index contributed by atoms with van der Waals surface area (Å²) in [5.41, 5.74) is -0.360. The molecule has 0 amide bonds. The molecule has 0 heterocycles. The van der Waals surface area contributed by atoms with Crippen LogP contribution >= 0.6 is 0 Å². The van der Waals surface area contributed by atoms with Crippen LogP contribution in [0.2, 0.25) is 0 Å². The summed E-state index contributed by atoms with van der Waals surface area (Å²) in [6, 6.07) is 7.75. The van der Waals surface area contributed by atoms with Crippen LogP contribution in [0, 0.1) is 6.92 Å². The molecule has 0 aliphatic rings. The fraction of sp³-hybridized carbons (Fsp3) is 0.278. The highest BCUT2D eigenvalue weighted by molar-refractivity contribution is 7.92. The minimum absolute atomic E-state index is 0.000324. The van der Waals surface area contributed by atoms with Crippen molar-refractivity contribution in [1.29, 1.82) is 0 Å². The topological polar surface area (TPSA) is 92.7 Å². The first-order valence-electron chi connectivity index (χ1n) is 8.14. The molecule has 0 bridgehead atoms. The maximum atomic E-state index is 12.6. The molecule has 2 aromatic carbocycles. The highest BCUT2D eigenvalue weighted by Crippen LogP contribution is 2.30. The summed E-state index contributed by atoms with van der Waals surface area (Å²) >= 11 is 0. The van der Waals surface area contributed by atoms with Gasteiger partial charge in [0.15, 0.2) is 0 Å². The molecule has 0 saturated carbocycles. The van der Waals surface area contributed by atoms with Crippen LogP contribution in [-0.4, -0.2) is 26.1 Å². The Hall–Kier alpha value is -2.75.